The van der Waals surface area contributed by atoms with E-state index in [9.17, 15) is 4.79 Å². The van der Waals surface area contributed by atoms with Crippen LogP contribution in [-0.2, 0) is 6.42 Å². The van der Waals surface area contributed by atoms with Crippen LogP contribution in [0.2, 0.25) is 0 Å². The monoisotopic (exact) mass is 333 g/mol. The summed E-state index contributed by atoms with van der Waals surface area (Å²) in [5, 5.41) is 0.646. The molecule has 1 aliphatic rings. The van der Waals surface area contributed by atoms with Crippen LogP contribution in [0.4, 0.5) is 5.95 Å². The molecule has 0 amide bonds. The Hall–Kier alpha value is -3.08. The first kappa shape index (κ1) is 15.4. The molecule has 1 aromatic heterocycles. The van der Waals surface area contributed by atoms with Crippen LogP contribution in [0.5, 0.6) is 5.75 Å². The highest BCUT2D eigenvalue weighted by molar-refractivity contribution is 5.79. The van der Waals surface area contributed by atoms with Crippen LogP contribution in [0, 0.1) is 0 Å². The molecule has 2 heterocycles. The second kappa shape index (κ2) is 6.43. The lowest BCUT2D eigenvalue weighted by atomic mass is 10.1. The number of benzene rings is 2. The number of aromatic nitrogens is 2. The maximum atomic E-state index is 12.7. The van der Waals surface area contributed by atoms with Crippen molar-refractivity contribution in [1.29, 1.82) is 0 Å². The van der Waals surface area contributed by atoms with Gasteiger partial charge in [-0.15, -0.1) is 0 Å². The number of hydrogen-bond donors (Lipinski definition) is 0. The Labute approximate surface area is 145 Å². The van der Waals surface area contributed by atoms with E-state index >= 15 is 0 Å². The Morgan fingerprint density at radius 1 is 1.12 bits per heavy atom. The minimum absolute atomic E-state index is 0.0222. The van der Waals surface area contributed by atoms with E-state index in [2.05, 4.69) is 17.0 Å². The molecule has 0 spiro atoms. The fourth-order valence-corrected chi connectivity index (χ4v) is 3.10. The van der Waals surface area contributed by atoms with Gasteiger partial charge in [-0.2, -0.15) is 0 Å². The standard InChI is InChI=1S/C20H19N3O2/c1-25-16-9-7-15(8-10-16)11-14-22-12-4-13-23-19(24)17-5-2-3-6-18(17)21-20(22)23/h2-10,13H,11-12,14H2,1H3. The van der Waals surface area contributed by atoms with Gasteiger partial charge in [0.25, 0.3) is 5.56 Å². The average molecular weight is 333 g/mol. The molecule has 3 aromatic rings. The van der Waals surface area contributed by atoms with Crippen molar-refractivity contribution >= 4 is 23.1 Å². The largest absolute Gasteiger partial charge is 0.497 e. The van der Waals surface area contributed by atoms with Gasteiger partial charge in [0.2, 0.25) is 5.95 Å². The zero-order chi connectivity index (χ0) is 17.2. The Kier molecular flexibility index (Phi) is 3.98. The highest BCUT2D eigenvalue weighted by atomic mass is 16.5. The molecule has 1 aliphatic heterocycles. The van der Waals surface area contributed by atoms with Gasteiger partial charge in [0.05, 0.1) is 18.0 Å². The summed E-state index contributed by atoms with van der Waals surface area (Å²) in [5.41, 5.74) is 1.94. The summed E-state index contributed by atoms with van der Waals surface area (Å²) >= 11 is 0. The van der Waals surface area contributed by atoms with Gasteiger partial charge in [-0.25, -0.2) is 4.98 Å². The van der Waals surface area contributed by atoms with E-state index in [0.717, 1.165) is 30.8 Å². The molecule has 0 unspecified atom stereocenters. The lowest BCUT2D eigenvalue weighted by Crippen LogP contribution is -2.35. The van der Waals surface area contributed by atoms with E-state index in [0.29, 0.717) is 11.3 Å². The van der Waals surface area contributed by atoms with E-state index < -0.39 is 0 Å². The van der Waals surface area contributed by atoms with Gasteiger partial charge in [-0.3, -0.25) is 9.36 Å². The van der Waals surface area contributed by atoms with Gasteiger partial charge in [0, 0.05) is 19.3 Å². The van der Waals surface area contributed by atoms with Crippen molar-refractivity contribution in [2.24, 2.45) is 0 Å². The summed E-state index contributed by atoms with van der Waals surface area (Å²) in [7, 11) is 1.67. The first-order valence-electron chi connectivity index (χ1n) is 8.32. The molecule has 0 fully saturated rings. The van der Waals surface area contributed by atoms with Crippen molar-refractivity contribution in [3.05, 3.63) is 70.5 Å². The maximum absolute atomic E-state index is 12.7. The first-order valence-corrected chi connectivity index (χ1v) is 8.32. The van der Waals surface area contributed by atoms with Crippen LogP contribution in [-0.4, -0.2) is 29.8 Å². The van der Waals surface area contributed by atoms with Gasteiger partial charge in [0.15, 0.2) is 0 Å². The second-order valence-electron chi connectivity index (χ2n) is 6.03. The number of hydrogen-bond acceptors (Lipinski definition) is 4. The SMILES string of the molecule is COc1ccc(CCN2CC=Cn3c2nc2ccccc2c3=O)cc1. The van der Waals surface area contributed by atoms with Crippen molar-refractivity contribution in [3.63, 3.8) is 0 Å². The summed E-state index contributed by atoms with van der Waals surface area (Å²) in [6.07, 6.45) is 4.69. The topological polar surface area (TPSA) is 47.4 Å². The first-order chi connectivity index (χ1) is 12.3. The minimum Gasteiger partial charge on any atom is -0.497 e. The summed E-state index contributed by atoms with van der Waals surface area (Å²) in [5.74, 6) is 1.56. The number of fused-ring (bicyclic) bond motifs is 2. The normalized spacial score (nSPS) is 13.1. The molecule has 126 valence electrons. The van der Waals surface area contributed by atoms with Gasteiger partial charge in [-0.05, 0) is 42.3 Å². The molecule has 25 heavy (non-hydrogen) atoms. The molecular weight excluding hydrogens is 314 g/mol. The summed E-state index contributed by atoms with van der Waals surface area (Å²) in [6, 6.07) is 15.6. The fourth-order valence-electron chi connectivity index (χ4n) is 3.10. The number of rotatable bonds is 4. The van der Waals surface area contributed by atoms with Crippen molar-refractivity contribution in [3.8, 4) is 5.75 Å². The van der Waals surface area contributed by atoms with Crippen molar-refractivity contribution < 1.29 is 4.74 Å². The number of para-hydroxylation sites is 1. The van der Waals surface area contributed by atoms with Crippen LogP contribution in [0.25, 0.3) is 17.1 Å². The molecule has 4 rings (SSSR count). The lowest BCUT2D eigenvalue weighted by molar-refractivity contribution is 0.414. The summed E-state index contributed by atoms with van der Waals surface area (Å²) in [6.45, 7) is 1.54. The number of anilines is 1. The van der Waals surface area contributed by atoms with E-state index in [1.807, 2.05) is 48.7 Å². The highest BCUT2D eigenvalue weighted by Crippen LogP contribution is 2.19. The zero-order valence-electron chi connectivity index (χ0n) is 14.1. The van der Waals surface area contributed by atoms with Crippen LogP contribution >= 0.6 is 0 Å². The third kappa shape index (κ3) is 2.89. The molecule has 0 radical (unpaired) electrons. The number of nitrogens with zero attached hydrogens (tertiary/aromatic N) is 3. The van der Waals surface area contributed by atoms with E-state index in [4.69, 9.17) is 9.72 Å². The number of ether oxygens (including phenoxy) is 1. The molecule has 5 heteroatoms. The van der Waals surface area contributed by atoms with E-state index in [1.165, 1.54) is 5.56 Å². The lowest BCUT2D eigenvalue weighted by Gasteiger charge is -2.27. The zero-order valence-corrected chi connectivity index (χ0v) is 14.1. The number of methoxy groups -OCH3 is 1. The quantitative estimate of drug-likeness (QED) is 0.736. The predicted molar refractivity (Wildman–Crippen MR) is 100 cm³/mol. The molecule has 0 N–H and O–H groups in total. The maximum Gasteiger partial charge on any atom is 0.266 e. The van der Waals surface area contributed by atoms with Crippen LogP contribution in [0.3, 0.4) is 0 Å². The second-order valence-corrected chi connectivity index (χ2v) is 6.03. The molecule has 5 nitrogen and oxygen atoms in total. The molecular formula is C20H19N3O2. The van der Waals surface area contributed by atoms with Crippen molar-refractivity contribution in [2.75, 3.05) is 25.1 Å². The molecule has 0 saturated carbocycles. The third-order valence-electron chi connectivity index (χ3n) is 4.48. The molecule has 0 aliphatic carbocycles. The van der Waals surface area contributed by atoms with Gasteiger partial charge in [0.1, 0.15) is 5.75 Å². The third-order valence-corrected chi connectivity index (χ3v) is 4.48. The fraction of sp³-hybridized carbons (Fsp3) is 0.200. The van der Waals surface area contributed by atoms with Gasteiger partial charge < -0.3 is 9.64 Å². The van der Waals surface area contributed by atoms with Crippen LogP contribution < -0.4 is 15.2 Å². The smallest absolute Gasteiger partial charge is 0.266 e. The summed E-state index contributed by atoms with van der Waals surface area (Å²) in [4.78, 5) is 19.5. The summed E-state index contributed by atoms with van der Waals surface area (Å²) < 4.78 is 6.84. The Morgan fingerprint density at radius 2 is 1.92 bits per heavy atom. The molecule has 0 atom stereocenters. The van der Waals surface area contributed by atoms with E-state index in [-0.39, 0.29) is 5.56 Å². The molecule has 0 bridgehead atoms. The van der Waals surface area contributed by atoms with Crippen molar-refractivity contribution in [2.45, 2.75) is 6.42 Å². The molecule has 0 saturated heterocycles. The Morgan fingerprint density at radius 3 is 2.72 bits per heavy atom. The predicted octanol–water partition coefficient (Wildman–Crippen LogP) is 2.94. The van der Waals surface area contributed by atoms with Gasteiger partial charge >= 0.3 is 0 Å². The average Bonchev–Trinajstić information content (AvgIpc) is 2.67. The molecule has 2 aromatic carbocycles. The van der Waals surface area contributed by atoms with E-state index in [1.54, 1.807) is 11.7 Å². The Balaban J connectivity index is 1.62. The van der Waals surface area contributed by atoms with Gasteiger partial charge in [-0.1, -0.05) is 24.3 Å². The van der Waals surface area contributed by atoms with Crippen LogP contribution in [0.15, 0.2) is 59.4 Å². The highest BCUT2D eigenvalue weighted by Gasteiger charge is 2.17. The minimum atomic E-state index is -0.0222. The van der Waals surface area contributed by atoms with Crippen LogP contribution in [0.1, 0.15) is 5.56 Å². The van der Waals surface area contributed by atoms with Crippen molar-refractivity contribution in [1.82, 2.24) is 9.55 Å². The Bertz CT molecular complexity index is 990.